The fraction of sp³-hybridized carbons (Fsp3) is 0.362. The van der Waals surface area contributed by atoms with Gasteiger partial charge in [0, 0.05) is 42.9 Å². The van der Waals surface area contributed by atoms with Crippen LogP contribution in [0.25, 0.3) is 0 Å². The van der Waals surface area contributed by atoms with Crippen LogP contribution in [0.15, 0.2) is 109 Å². The molecule has 3 aromatic carbocycles. The Bertz CT molecular complexity index is 1830. The molecule has 3 rings (SSSR count). The number of carbonyl (C=O) groups is 6. The summed E-state index contributed by atoms with van der Waals surface area (Å²) in [6.45, 7) is 20.0. The highest BCUT2D eigenvalue weighted by atomic mass is 16.6. The number of hydrogen-bond acceptors (Lipinski definition) is 15. The highest BCUT2D eigenvalue weighted by Gasteiger charge is 2.32. The lowest BCUT2D eigenvalue weighted by molar-refractivity contribution is -0.157. The van der Waals surface area contributed by atoms with Crippen LogP contribution < -0.4 is 14.2 Å². The van der Waals surface area contributed by atoms with Crippen molar-refractivity contribution in [2.75, 3.05) is 39.6 Å². The number of benzene rings is 3. The van der Waals surface area contributed by atoms with Crippen molar-refractivity contribution < 1.29 is 71.4 Å². The van der Waals surface area contributed by atoms with Gasteiger partial charge in [-0.3, -0.25) is 14.4 Å². The van der Waals surface area contributed by atoms with Crippen molar-refractivity contribution in [3.05, 3.63) is 126 Å². The Morgan fingerprint density at radius 1 is 0.419 bits per heavy atom. The van der Waals surface area contributed by atoms with E-state index in [9.17, 15) is 28.8 Å². The molecular formula is C47H54O15. The van der Waals surface area contributed by atoms with E-state index in [0.717, 1.165) is 16.7 Å². The molecule has 0 fully saturated rings. The summed E-state index contributed by atoms with van der Waals surface area (Å²) in [6.07, 6.45) is -2.60. The summed E-state index contributed by atoms with van der Waals surface area (Å²) in [5.74, 6) is -2.18. The Hall–Kier alpha value is -6.90. The molecule has 3 unspecified atom stereocenters. The average Bonchev–Trinajstić information content (AvgIpc) is 3.22. The van der Waals surface area contributed by atoms with Gasteiger partial charge in [-0.05, 0) is 80.8 Å². The van der Waals surface area contributed by atoms with Crippen LogP contribution in [0.5, 0.6) is 17.2 Å². The van der Waals surface area contributed by atoms with Gasteiger partial charge in [-0.2, -0.15) is 0 Å². The lowest BCUT2D eigenvalue weighted by Gasteiger charge is -2.32. The van der Waals surface area contributed by atoms with E-state index in [2.05, 4.69) is 19.7 Å². The van der Waals surface area contributed by atoms with Gasteiger partial charge in [-0.25, -0.2) is 14.4 Å². The number of carbonyl (C=O) groups excluding carboxylic acids is 6. The minimum atomic E-state index is -0.867. The first-order valence-corrected chi connectivity index (χ1v) is 19.5. The van der Waals surface area contributed by atoms with Gasteiger partial charge < -0.3 is 42.6 Å². The lowest BCUT2D eigenvalue weighted by Crippen LogP contribution is -2.30. The molecule has 0 saturated carbocycles. The summed E-state index contributed by atoms with van der Waals surface area (Å²) < 4.78 is 49.2. The third-order valence-corrected chi connectivity index (χ3v) is 8.85. The van der Waals surface area contributed by atoms with E-state index < -0.39 is 59.5 Å². The van der Waals surface area contributed by atoms with Crippen molar-refractivity contribution in [1.82, 2.24) is 0 Å². The Labute approximate surface area is 361 Å². The van der Waals surface area contributed by atoms with Crippen molar-refractivity contribution in [1.29, 1.82) is 0 Å². The molecular weight excluding hydrogens is 805 g/mol. The summed E-state index contributed by atoms with van der Waals surface area (Å²) >= 11 is 0. The first-order chi connectivity index (χ1) is 29.3. The highest BCUT2D eigenvalue weighted by Crippen LogP contribution is 2.40. The van der Waals surface area contributed by atoms with Gasteiger partial charge in [-0.1, -0.05) is 56.1 Å². The first kappa shape index (κ1) is 49.5. The second kappa shape index (κ2) is 23.8. The number of esters is 6. The van der Waals surface area contributed by atoms with Crippen molar-refractivity contribution in [3.8, 4) is 17.2 Å². The van der Waals surface area contributed by atoms with Crippen LogP contribution in [0, 0.1) is 0 Å². The van der Waals surface area contributed by atoms with E-state index >= 15 is 0 Å². The maximum atomic E-state index is 11.9. The molecule has 0 radical (unpaired) electrons. The zero-order chi connectivity index (χ0) is 46.0. The number of rotatable bonds is 24. The molecule has 0 heterocycles. The van der Waals surface area contributed by atoms with Crippen LogP contribution in [0.3, 0.4) is 0 Å². The predicted octanol–water partition coefficient (Wildman–Crippen LogP) is 6.33. The standard InChI is InChI=1S/C47H54O15/c1-29(2)44(51)57-26-41(60-32(7)48)23-54-38-17-11-35(12-18-38)47(10,36-13-19-39(20-14-36)55-24-42(61-33(8)49)27-58-45(52)30(3)4)37-15-21-40(22-16-37)56-25-43(62-34(9)50)28-59-46(53)31(5)6/h11-22,41-43H,1,3,5,23-28H2,2,4,6-10H3. The quantitative estimate of drug-likeness (QED) is 0.0421. The lowest BCUT2D eigenvalue weighted by atomic mass is 9.71. The molecule has 62 heavy (non-hydrogen) atoms. The molecule has 3 atom stereocenters. The van der Waals surface area contributed by atoms with Gasteiger partial charge in [0.05, 0.1) is 0 Å². The minimum absolute atomic E-state index is 0.0914. The largest absolute Gasteiger partial charge is 0.490 e. The van der Waals surface area contributed by atoms with E-state index in [-0.39, 0.29) is 56.4 Å². The summed E-state index contributed by atoms with van der Waals surface area (Å²) in [4.78, 5) is 71.0. The zero-order valence-corrected chi connectivity index (χ0v) is 36.1. The summed E-state index contributed by atoms with van der Waals surface area (Å²) in [5, 5.41) is 0. The van der Waals surface area contributed by atoms with Gasteiger partial charge in [0.25, 0.3) is 0 Å². The zero-order valence-electron chi connectivity index (χ0n) is 36.1. The molecule has 15 nitrogen and oxygen atoms in total. The molecule has 0 bridgehead atoms. The molecule has 0 spiro atoms. The Morgan fingerprint density at radius 3 is 0.839 bits per heavy atom. The van der Waals surface area contributed by atoms with E-state index in [4.69, 9.17) is 42.6 Å². The van der Waals surface area contributed by atoms with Crippen LogP contribution in [-0.4, -0.2) is 93.8 Å². The monoisotopic (exact) mass is 858 g/mol. The normalized spacial score (nSPS) is 13.0. The Balaban J connectivity index is 1.91. The molecule has 15 heteroatoms. The van der Waals surface area contributed by atoms with Crippen LogP contribution in [0.4, 0.5) is 0 Å². The topological polar surface area (TPSA) is 185 Å². The van der Waals surface area contributed by atoms with E-state index in [0.29, 0.717) is 17.2 Å². The van der Waals surface area contributed by atoms with Gasteiger partial charge >= 0.3 is 35.8 Å². The van der Waals surface area contributed by atoms with Gasteiger partial charge in [0.1, 0.15) is 56.9 Å². The minimum Gasteiger partial charge on any atom is -0.490 e. The molecule has 332 valence electrons. The van der Waals surface area contributed by atoms with Crippen LogP contribution >= 0.6 is 0 Å². The maximum Gasteiger partial charge on any atom is 0.333 e. The Kier molecular flexibility index (Phi) is 19.0. The van der Waals surface area contributed by atoms with Crippen LogP contribution in [0.2, 0.25) is 0 Å². The van der Waals surface area contributed by atoms with Gasteiger partial charge in [0.15, 0.2) is 18.3 Å². The van der Waals surface area contributed by atoms with Crippen LogP contribution in [0.1, 0.15) is 65.2 Å². The molecule has 3 aromatic rings. The molecule has 0 aliphatic carbocycles. The summed E-state index contributed by atoms with van der Waals surface area (Å²) in [5.41, 5.74) is 2.35. The molecule has 0 N–H and O–H groups in total. The number of hydrogen-bond donors (Lipinski definition) is 0. The first-order valence-electron chi connectivity index (χ1n) is 19.5. The van der Waals surface area contributed by atoms with E-state index in [1.165, 1.54) is 41.5 Å². The number of ether oxygens (including phenoxy) is 9. The maximum absolute atomic E-state index is 11.9. The summed E-state index contributed by atoms with van der Waals surface area (Å²) in [6, 6.07) is 21.9. The summed E-state index contributed by atoms with van der Waals surface area (Å²) in [7, 11) is 0. The van der Waals surface area contributed by atoms with Crippen molar-refractivity contribution >= 4 is 35.8 Å². The smallest absolute Gasteiger partial charge is 0.333 e. The Morgan fingerprint density at radius 2 is 0.645 bits per heavy atom. The average molecular weight is 859 g/mol. The molecule has 0 aromatic heterocycles. The predicted molar refractivity (Wildman–Crippen MR) is 225 cm³/mol. The van der Waals surface area contributed by atoms with E-state index in [1.54, 1.807) is 36.4 Å². The van der Waals surface area contributed by atoms with E-state index in [1.807, 2.05) is 43.3 Å². The molecule has 0 amide bonds. The molecule has 0 aliphatic heterocycles. The van der Waals surface area contributed by atoms with Crippen molar-refractivity contribution in [3.63, 3.8) is 0 Å². The fourth-order valence-electron chi connectivity index (χ4n) is 5.65. The van der Waals surface area contributed by atoms with Gasteiger partial charge in [0.2, 0.25) is 0 Å². The van der Waals surface area contributed by atoms with Crippen LogP contribution in [-0.2, 0) is 62.6 Å². The third-order valence-electron chi connectivity index (χ3n) is 8.85. The SMILES string of the molecule is C=C(C)C(=O)OCC(COc1ccc(C(C)(c2ccc(OCC(COC(=O)C(=C)C)OC(C)=O)cc2)c2ccc(OCC(COC(=O)C(=C)C)OC(C)=O)cc2)cc1)OC(C)=O. The second-order valence-corrected chi connectivity index (χ2v) is 14.5. The highest BCUT2D eigenvalue weighted by molar-refractivity contribution is 5.87. The fourth-order valence-corrected chi connectivity index (χ4v) is 5.65. The molecule has 0 saturated heterocycles. The van der Waals surface area contributed by atoms with Crippen molar-refractivity contribution in [2.45, 2.75) is 72.2 Å². The molecule has 0 aliphatic rings. The van der Waals surface area contributed by atoms with Gasteiger partial charge in [-0.15, -0.1) is 0 Å². The second-order valence-electron chi connectivity index (χ2n) is 14.5. The third kappa shape index (κ3) is 15.9. The van der Waals surface area contributed by atoms with Crippen molar-refractivity contribution in [2.24, 2.45) is 0 Å².